The van der Waals surface area contributed by atoms with Gasteiger partial charge < -0.3 is 10.1 Å². The summed E-state index contributed by atoms with van der Waals surface area (Å²) < 4.78 is 5.46. The van der Waals surface area contributed by atoms with Gasteiger partial charge in [0.1, 0.15) is 5.75 Å². The largest absolute Gasteiger partial charge is 0.494 e. The lowest BCUT2D eigenvalue weighted by Crippen LogP contribution is -2.15. The molecule has 0 aliphatic carbocycles. The molecular weight excluding hydrogens is 218 g/mol. The highest BCUT2D eigenvalue weighted by molar-refractivity contribution is 7.98. The quantitative estimate of drug-likeness (QED) is 0.705. The van der Waals surface area contributed by atoms with Crippen LogP contribution in [0.25, 0.3) is 0 Å². The molecule has 90 valence electrons. The van der Waals surface area contributed by atoms with Gasteiger partial charge in [0.2, 0.25) is 0 Å². The van der Waals surface area contributed by atoms with E-state index in [1.165, 1.54) is 17.7 Å². The molecule has 1 aromatic rings. The van der Waals surface area contributed by atoms with Crippen LogP contribution in [0.4, 0.5) is 0 Å². The molecule has 0 amide bonds. The van der Waals surface area contributed by atoms with Gasteiger partial charge in [0, 0.05) is 6.54 Å². The van der Waals surface area contributed by atoms with Crippen molar-refractivity contribution in [2.75, 3.05) is 25.2 Å². The SMILES string of the molecule is CCOc1cccc(CNCCCSC)c1. The van der Waals surface area contributed by atoms with Gasteiger partial charge in [-0.05, 0) is 49.6 Å². The zero-order chi connectivity index (χ0) is 11.6. The highest BCUT2D eigenvalue weighted by Gasteiger charge is 1.95. The van der Waals surface area contributed by atoms with E-state index < -0.39 is 0 Å². The van der Waals surface area contributed by atoms with Crippen LogP contribution in [0.3, 0.4) is 0 Å². The normalized spacial score (nSPS) is 10.4. The van der Waals surface area contributed by atoms with Gasteiger partial charge in [0.05, 0.1) is 6.61 Å². The third-order valence-corrected chi connectivity index (χ3v) is 2.94. The molecule has 3 heteroatoms. The van der Waals surface area contributed by atoms with Crippen LogP contribution in [-0.4, -0.2) is 25.2 Å². The fraction of sp³-hybridized carbons (Fsp3) is 0.538. The Labute approximate surface area is 103 Å². The maximum atomic E-state index is 5.46. The van der Waals surface area contributed by atoms with E-state index in [0.29, 0.717) is 0 Å². The first-order valence-corrected chi connectivity index (χ1v) is 7.17. The molecule has 0 saturated heterocycles. The van der Waals surface area contributed by atoms with E-state index >= 15 is 0 Å². The van der Waals surface area contributed by atoms with E-state index in [9.17, 15) is 0 Å². The Bertz CT molecular complexity index is 291. The first-order valence-electron chi connectivity index (χ1n) is 5.78. The standard InChI is InChI=1S/C13H21NOS/c1-3-15-13-7-4-6-12(10-13)11-14-8-5-9-16-2/h4,6-7,10,14H,3,5,8-9,11H2,1-2H3. The number of nitrogens with one attached hydrogen (secondary N) is 1. The Balaban J connectivity index is 2.27. The topological polar surface area (TPSA) is 21.3 Å². The van der Waals surface area contributed by atoms with Crippen molar-refractivity contribution >= 4 is 11.8 Å². The lowest BCUT2D eigenvalue weighted by atomic mass is 10.2. The summed E-state index contributed by atoms with van der Waals surface area (Å²) in [5.41, 5.74) is 1.29. The summed E-state index contributed by atoms with van der Waals surface area (Å²) in [5.74, 6) is 2.19. The van der Waals surface area contributed by atoms with Crippen molar-refractivity contribution < 1.29 is 4.74 Å². The smallest absolute Gasteiger partial charge is 0.119 e. The molecule has 0 fully saturated rings. The number of ether oxygens (including phenoxy) is 1. The third-order valence-electron chi connectivity index (χ3n) is 2.24. The second kappa shape index (κ2) is 8.48. The molecule has 1 rings (SSSR count). The van der Waals surface area contributed by atoms with Gasteiger partial charge in [-0.1, -0.05) is 12.1 Å². The zero-order valence-electron chi connectivity index (χ0n) is 10.2. The molecule has 0 spiro atoms. The summed E-state index contributed by atoms with van der Waals surface area (Å²) in [6.45, 7) is 4.74. The predicted molar refractivity (Wildman–Crippen MR) is 72.3 cm³/mol. The fourth-order valence-corrected chi connectivity index (χ4v) is 1.92. The highest BCUT2D eigenvalue weighted by atomic mass is 32.2. The maximum absolute atomic E-state index is 5.46. The minimum atomic E-state index is 0.727. The van der Waals surface area contributed by atoms with Crippen molar-refractivity contribution in [1.29, 1.82) is 0 Å². The van der Waals surface area contributed by atoms with E-state index in [1.807, 2.05) is 30.8 Å². The lowest BCUT2D eigenvalue weighted by Gasteiger charge is -2.07. The van der Waals surface area contributed by atoms with E-state index in [2.05, 4.69) is 23.7 Å². The van der Waals surface area contributed by atoms with Crippen LogP contribution in [0.5, 0.6) is 5.75 Å². The van der Waals surface area contributed by atoms with Crippen molar-refractivity contribution in [2.45, 2.75) is 19.9 Å². The summed E-state index contributed by atoms with van der Waals surface area (Å²) in [4.78, 5) is 0. The summed E-state index contributed by atoms with van der Waals surface area (Å²) >= 11 is 1.90. The van der Waals surface area contributed by atoms with Gasteiger partial charge in [-0.25, -0.2) is 0 Å². The van der Waals surface area contributed by atoms with Gasteiger partial charge in [0.15, 0.2) is 0 Å². The molecule has 0 bridgehead atoms. The predicted octanol–water partition coefficient (Wildman–Crippen LogP) is 2.93. The molecule has 0 aliphatic heterocycles. The average Bonchev–Trinajstić information content (AvgIpc) is 2.30. The Morgan fingerprint density at radius 1 is 1.38 bits per heavy atom. The summed E-state index contributed by atoms with van der Waals surface area (Å²) in [7, 11) is 0. The number of benzene rings is 1. The van der Waals surface area contributed by atoms with Gasteiger partial charge in [-0.15, -0.1) is 0 Å². The van der Waals surface area contributed by atoms with Crippen molar-refractivity contribution in [2.24, 2.45) is 0 Å². The average molecular weight is 239 g/mol. The minimum absolute atomic E-state index is 0.727. The van der Waals surface area contributed by atoms with Crippen LogP contribution < -0.4 is 10.1 Å². The first kappa shape index (κ1) is 13.4. The van der Waals surface area contributed by atoms with Crippen LogP contribution in [0.1, 0.15) is 18.9 Å². The van der Waals surface area contributed by atoms with Gasteiger partial charge in [-0.3, -0.25) is 0 Å². The van der Waals surface area contributed by atoms with E-state index in [1.54, 1.807) is 0 Å². The van der Waals surface area contributed by atoms with Crippen LogP contribution in [0.2, 0.25) is 0 Å². The molecule has 0 radical (unpaired) electrons. The number of hydrogen-bond donors (Lipinski definition) is 1. The monoisotopic (exact) mass is 239 g/mol. The van der Waals surface area contributed by atoms with Crippen molar-refractivity contribution in [3.05, 3.63) is 29.8 Å². The van der Waals surface area contributed by atoms with Crippen molar-refractivity contribution in [3.63, 3.8) is 0 Å². The molecule has 0 atom stereocenters. The van der Waals surface area contributed by atoms with E-state index in [4.69, 9.17) is 4.74 Å². The second-order valence-corrected chi connectivity index (χ2v) is 4.59. The molecule has 1 N–H and O–H groups in total. The molecule has 0 aliphatic rings. The van der Waals surface area contributed by atoms with Crippen LogP contribution in [-0.2, 0) is 6.54 Å². The Morgan fingerprint density at radius 2 is 2.25 bits per heavy atom. The third kappa shape index (κ3) is 5.42. The van der Waals surface area contributed by atoms with Crippen LogP contribution in [0.15, 0.2) is 24.3 Å². The fourth-order valence-electron chi connectivity index (χ4n) is 1.49. The molecule has 2 nitrogen and oxygen atoms in total. The molecule has 0 heterocycles. The Hall–Kier alpha value is -0.670. The van der Waals surface area contributed by atoms with Gasteiger partial charge in [-0.2, -0.15) is 11.8 Å². The van der Waals surface area contributed by atoms with E-state index in [0.717, 1.165) is 25.4 Å². The van der Waals surface area contributed by atoms with Crippen LogP contribution in [0, 0.1) is 0 Å². The number of rotatable bonds is 8. The number of thioether (sulfide) groups is 1. The van der Waals surface area contributed by atoms with Crippen molar-refractivity contribution in [1.82, 2.24) is 5.32 Å². The molecule has 0 aromatic heterocycles. The zero-order valence-corrected chi connectivity index (χ0v) is 11.0. The maximum Gasteiger partial charge on any atom is 0.119 e. The Morgan fingerprint density at radius 3 is 3.00 bits per heavy atom. The first-order chi connectivity index (χ1) is 7.86. The Kier molecular flexibility index (Phi) is 7.10. The minimum Gasteiger partial charge on any atom is -0.494 e. The molecule has 1 aromatic carbocycles. The summed E-state index contributed by atoms with van der Waals surface area (Å²) in [5, 5.41) is 3.44. The molecular formula is C13H21NOS. The summed E-state index contributed by atoms with van der Waals surface area (Å²) in [6.07, 6.45) is 3.37. The van der Waals surface area contributed by atoms with Crippen molar-refractivity contribution in [3.8, 4) is 5.75 Å². The second-order valence-electron chi connectivity index (χ2n) is 3.60. The molecule has 0 unspecified atom stereocenters. The van der Waals surface area contributed by atoms with E-state index in [-0.39, 0.29) is 0 Å². The van der Waals surface area contributed by atoms with Crippen LogP contribution >= 0.6 is 11.8 Å². The van der Waals surface area contributed by atoms with Gasteiger partial charge in [0.25, 0.3) is 0 Å². The molecule has 16 heavy (non-hydrogen) atoms. The lowest BCUT2D eigenvalue weighted by molar-refractivity contribution is 0.340. The molecule has 0 saturated carbocycles. The number of hydrogen-bond acceptors (Lipinski definition) is 3. The summed E-state index contributed by atoms with van der Waals surface area (Å²) in [6, 6.07) is 8.28. The van der Waals surface area contributed by atoms with Gasteiger partial charge >= 0.3 is 0 Å². The highest BCUT2D eigenvalue weighted by Crippen LogP contribution is 2.12.